The fourth-order valence-corrected chi connectivity index (χ4v) is 4.69. The van der Waals surface area contributed by atoms with E-state index in [0.29, 0.717) is 23.3 Å². The highest BCUT2D eigenvalue weighted by Gasteiger charge is 2.22. The van der Waals surface area contributed by atoms with Gasteiger partial charge in [-0.2, -0.15) is 0 Å². The second-order valence-corrected chi connectivity index (χ2v) is 9.09. The molecule has 0 saturated carbocycles. The molecule has 1 aliphatic heterocycles. The van der Waals surface area contributed by atoms with Crippen LogP contribution in [0.2, 0.25) is 5.02 Å². The minimum Gasteiger partial charge on any atom is -0.467 e. The number of fused-ring (bicyclic) bond motifs is 1. The zero-order chi connectivity index (χ0) is 21.1. The molecule has 2 aromatic carbocycles. The van der Waals surface area contributed by atoms with Crippen LogP contribution in [0.25, 0.3) is 0 Å². The van der Waals surface area contributed by atoms with Crippen molar-refractivity contribution in [3.63, 3.8) is 0 Å². The molecule has 1 atom stereocenters. The minimum atomic E-state index is -0.196. The van der Waals surface area contributed by atoms with Gasteiger partial charge < -0.3 is 14.8 Å². The van der Waals surface area contributed by atoms with Crippen molar-refractivity contribution in [1.82, 2.24) is 5.32 Å². The molecule has 2 heterocycles. The Balaban J connectivity index is 1.57. The molecule has 4 nitrogen and oxygen atoms in total. The summed E-state index contributed by atoms with van der Waals surface area (Å²) in [5.41, 5.74) is 3.99. The van der Waals surface area contributed by atoms with Crippen molar-refractivity contribution >= 4 is 28.8 Å². The summed E-state index contributed by atoms with van der Waals surface area (Å²) in [6.07, 6.45) is 0.189. The largest absolute Gasteiger partial charge is 0.467 e. The summed E-state index contributed by atoms with van der Waals surface area (Å²) in [4.78, 5) is 14.1. The number of ether oxygens (including phenoxy) is 2. The molecule has 0 aliphatic carbocycles. The second kappa shape index (κ2) is 9.21. The van der Waals surface area contributed by atoms with Crippen LogP contribution in [-0.2, 0) is 22.6 Å². The van der Waals surface area contributed by atoms with E-state index in [1.165, 1.54) is 5.56 Å². The van der Waals surface area contributed by atoms with Crippen LogP contribution in [0.15, 0.2) is 53.9 Å². The number of amides is 1. The van der Waals surface area contributed by atoms with Gasteiger partial charge in [-0.25, -0.2) is 0 Å². The SMILES string of the molecule is CC(C)c1ccc([C@@H](NC(=O)Cc2cc(Cl)cc3c2OCOC3)c2cccs2)cc1. The molecule has 0 saturated heterocycles. The van der Waals surface area contributed by atoms with Crippen molar-refractivity contribution < 1.29 is 14.3 Å². The molecule has 30 heavy (non-hydrogen) atoms. The Morgan fingerprint density at radius 2 is 1.93 bits per heavy atom. The highest BCUT2D eigenvalue weighted by molar-refractivity contribution is 7.10. The molecular weight excluding hydrogens is 418 g/mol. The Morgan fingerprint density at radius 1 is 1.17 bits per heavy atom. The summed E-state index contributed by atoms with van der Waals surface area (Å²) in [6, 6.07) is 15.9. The van der Waals surface area contributed by atoms with Gasteiger partial charge in [0, 0.05) is 21.0 Å². The average Bonchev–Trinajstić information content (AvgIpc) is 3.26. The fourth-order valence-electron chi connectivity index (χ4n) is 3.62. The van der Waals surface area contributed by atoms with Crippen LogP contribution in [0, 0.1) is 0 Å². The van der Waals surface area contributed by atoms with Crippen LogP contribution in [0.1, 0.15) is 52.9 Å². The maximum Gasteiger partial charge on any atom is 0.225 e. The summed E-state index contributed by atoms with van der Waals surface area (Å²) < 4.78 is 11.0. The lowest BCUT2D eigenvalue weighted by molar-refractivity contribution is -0.121. The monoisotopic (exact) mass is 441 g/mol. The van der Waals surface area contributed by atoms with E-state index in [1.54, 1.807) is 17.4 Å². The lowest BCUT2D eigenvalue weighted by atomic mass is 9.98. The number of benzene rings is 2. The molecular formula is C24H24ClNO3S. The Labute approximate surface area is 185 Å². The minimum absolute atomic E-state index is 0.0825. The van der Waals surface area contributed by atoms with Gasteiger partial charge in [-0.05, 0) is 40.6 Å². The van der Waals surface area contributed by atoms with E-state index >= 15 is 0 Å². The van der Waals surface area contributed by atoms with Crippen LogP contribution >= 0.6 is 22.9 Å². The van der Waals surface area contributed by atoms with E-state index in [-0.39, 0.29) is 25.2 Å². The van der Waals surface area contributed by atoms with E-state index in [9.17, 15) is 4.79 Å². The Kier molecular flexibility index (Phi) is 6.42. The van der Waals surface area contributed by atoms with Crippen molar-refractivity contribution in [2.75, 3.05) is 6.79 Å². The van der Waals surface area contributed by atoms with Crippen LogP contribution in [0.4, 0.5) is 0 Å². The molecule has 4 rings (SSSR count). The van der Waals surface area contributed by atoms with Gasteiger partial charge in [0.1, 0.15) is 5.75 Å². The molecule has 1 aliphatic rings. The molecule has 1 aromatic heterocycles. The quantitative estimate of drug-likeness (QED) is 0.522. The van der Waals surface area contributed by atoms with E-state index in [1.807, 2.05) is 23.6 Å². The predicted octanol–water partition coefficient (Wildman–Crippen LogP) is 5.84. The first kappa shape index (κ1) is 20.9. The first-order valence-electron chi connectivity index (χ1n) is 9.95. The van der Waals surface area contributed by atoms with Crippen LogP contribution in [0.3, 0.4) is 0 Å². The lowest BCUT2D eigenvalue weighted by Crippen LogP contribution is -2.30. The van der Waals surface area contributed by atoms with Crippen LogP contribution in [0.5, 0.6) is 5.75 Å². The molecule has 0 spiro atoms. The number of hydrogen-bond acceptors (Lipinski definition) is 4. The summed E-state index contributed by atoms with van der Waals surface area (Å²) in [6.45, 7) is 4.96. The van der Waals surface area contributed by atoms with Gasteiger partial charge in [0.2, 0.25) is 5.91 Å². The summed E-state index contributed by atoms with van der Waals surface area (Å²) in [5, 5.41) is 5.80. The van der Waals surface area contributed by atoms with Crippen LogP contribution < -0.4 is 10.1 Å². The molecule has 0 fully saturated rings. The topological polar surface area (TPSA) is 47.6 Å². The van der Waals surface area contributed by atoms with Gasteiger partial charge >= 0.3 is 0 Å². The summed E-state index contributed by atoms with van der Waals surface area (Å²) >= 11 is 7.88. The number of halogens is 1. The van der Waals surface area contributed by atoms with Gasteiger partial charge in [0.05, 0.1) is 19.1 Å². The molecule has 0 radical (unpaired) electrons. The first-order chi connectivity index (χ1) is 14.5. The molecule has 6 heteroatoms. The summed E-state index contributed by atoms with van der Waals surface area (Å²) in [7, 11) is 0. The van der Waals surface area contributed by atoms with E-state index in [0.717, 1.165) is 21.6 Å². The van der Waals surface area contributed by atoms with E-state index in [4.69, 9.17) is 21.1 Å². The molecule has 156 valence electrons. The molecule has 0 bridgehead atoms. The standard InChI is InChI=1S/C24H24ClNO3S/c1-15(2)16-5-7-17(8-6-16)23(21-4-3-9-30-21)26-22(27)12-18-10-20(25)11-19-13-28-14-29-24(18)19/h3-11,15,23H,12-14H2,1-2H3,(H,26,27)/t23-/m1/s1. The van der Waals surface area contributed by atoms with E-state index in [2.05, 4.69) is 43.4 Å². The fraction of sp³-hybridized carbons (Fsp3) is 0.292. The highest BCUT2D eigenvalue weighted by atomic mass is 35.5. The van der Waals surface area contributed by atoms with Crippen molar-refractivity contribution in [2.45, 2.75) is 38.8 Å². The summed E-state index contributed by atoms with van der Waals surface area (Å²) in [5.74, 6) is 1.09. The smallest absolute Gasteiger partial charge is 0.225 e. The molecule has 1 amide bonds. The maximum absolute atomic E-state index is 13.0. The van der Waals surface area contributed by atoms with E-state index < -0.39 is 0 Å². The maximum atomic E-state index is 13.0. The van der Waals surface area contributed by atoms with Gasteiger partial charge in [0.25, 0.3) is 0 Å². The molecule has 3 aromatic rings. The van der Waals surface area contributed by atoms with Gasteiger partial charge in [-0.1, -0.05) is 55.8 Å². The second-order valence-electron chi connectivity index (χ2n) is 7.68. The van der Waals surface area contributed by atoms with Crippen molar-refractivity contribution in [3.05, 3.63) is 86.1 Å². The third kappa shape index (κ3) is 4.69. The first-order valence-corrected chi connectivity index (χ1v) is 11.2. The average molecular weight is 442 g/mol. The third-order valence-corrected chi connectivity index (χ3v) is 6.33. The number of rotatable bonds is 6. The number of carbonyl (C=O) groups excluding carboxylic acids is 1. The zero-order valence-electron chi connectivity index (χ0n) is 17.0. The van der Waals surface area contributed by atoms with Gasteiger partial charge in [0.15, 0.2) is 6.79 Å². The van der Waals surface area contributed by atoms with Gasteiger partial charge in [-0.15, -0.1) is 11.3 Å². The van der Waals surface area contributed by atoms with Gasteiger partial charge in [-0.3, -0.25) is 4.79 Å². The lowest BCUT2D eigenvalue weighted by Gasteiger charge is -2.22. The number of nitrogens with one attached hydrogen (secondary N) is 1. The third-order valence-electron chi connectivity index (χ3n) is 5.17. The number of hydrogen-bond donors (Lipinski definition) is 1. The highest BCUT2D eigenvalue weighted by Crippen LogP contribution is 2.33. The molecule has 0 unspecified atom stereocenters. The number of thiophene rings is 1. The number of carbonyl (C=O) groups is 1. The predicted molar refractivity (Wildman–Crippen MR) is 120 cm³/mol. The normalized spacial score (nSPS) is 14.1. The zero-order valence-corrected chi connectivity index (χ0v) is 18.6. The van der Waals surface area contributed by atoms with Crippen molar-refractivity contribution in [3.8, 4) is 5.75 Å². The Bertz CT molecular complexity index is 1020. The van der Waals surface area contributed by atoms with Crippen molar-refractivity contribution in [2.24, 2.45) is 0 Å². The van der Waals surface area contributed by atoms with Crippen LogP contribution in [-0.4, -0.2) is 12.7 Å². The molecule has 1 N–H and O–H groups in total. The Hall–Kier alpha value is -2.34. The van der Waals surface area contributed by atoms with Crippen molar-refractivity contribution in [1.29, 1.82) is 0 Å². The Morgan fingerprint density at radius 3 is 2.63 bits per heavy atom.